The highest BCUT2D eigenvalue weighted by atomic mass is 16.5. The highest BCUT2D eigenvalue weighted by Gasteiger charge is 2.27. The number of hydrogen-bond donors (Lipinski definition) is 0. The largest absolute Gasteiger partial charge is 0.497 e. The first-order valence-corrected chi connectivity index (χ1v) is 7.77. The Hall–Kier alpha value is -2.04. The van der Waals surface area contributed by atoms with Crippen LogP contribution < -0.4 is 4.74 Å². The normalized spacial score (nSPS) is 11.0. The summed E-state index contributed by atoms with van der Waals surface area (Å²) in [6.45, 7) is 6.59. The standard InChI is InChI=1S/C18H27NO4/c1-18(2,3)17(21)19(13-11-16(20)23-5)12-10-14-6-8-15(22-4)9-7-14/h6-9H,10-13H2,1-5H3. The SMILES string of the molecule is COC(=O)CCN(CCc1ccc(OC)cc1)C(=O)C(C)(C)C. The number of esters is 1. The van der Waals surface area contributed by atoms with Crippen LogP contribution in [0.5, 0.6) is 5.75 Å². The molecule has 0 aliphatic rings. The van der Waals surface area contributed by atoms with Crippen LogP contribution in [0, 0.1) is 5.41 Å². The Balaban J connectivity index is 2.70. The van der Waals surface area contributed by atoms with E-state index in [2.05, 4.69) is 4.74 Å². The van der Waals surface area contributed by atoms with Crippen molar-refractivity contribution in [3.8, 4) is 5.75 Å². The highest BCUT2D eigenvalue weighted by Crippen LogP contribution is 2.19. The summed E-state index contributed by atoms with van der Waals surface area (Å²) in [4.78, 5) is 25.6. The van der Waals surface area contributed by atoms with Gasteiger partial charge >= 0.3 is 5.97 Å². The Bertz CT molecular complexity index is 517. The van der Waals surface area contributed by atoms with Crippen LogP contribution in [0.4, 0.5) is 0 Å². The van der Waals surface area contributed by atoms with Gasteiger partial charge in [0.15, 0.2) is 0 Å². The molecule has 0 radical (unpaired) electrons. The zero-order chi connectivity index (χ0) is 17.5. The molecule has 0 N–H and O–H groups in total. The molecular weight excluding hydrogens is 294 g/mol. The van der Waals surface area contributed by atoms with Crippen LogP contribution in [-0.4, -0.2) is 44.1 Å². The second-order valence-electron chi connectivity index (χ2n) is 6.47. The lowest BCUT2D eigenvalue weighted by molar-refractivity contribution is -0.143. The molecule has 1 amide bonds. The van der Waals surface area contributed by atoms with Gasteiger partial charge in [-0.05, 0) is 24.1 Å². The molecule has 0 aliphatic heterocycles. The first-order valence-electron chi connectivity index (χ1n) is 7.77. The molecule has 0 atom stereocenters. The maximum atomic E-state index is 12.5. The Kier molecular flexibility index (Phi) is 7.07. The van der Waals surface area contributed by atoms with Crippen molar-refractivity contribution in [3.05, 3.63) is 29.8 Å². The van der Waals surface area contributed by atoms with Crippen LogP contribution in [0.2, 0.25) is 0 Å². The van der Waals surface area contributed by atoms with Gasteiger partial charge in [-0.3, -0.25) is 9.59 Å². The molecular formula is C18H27NO4. The predicted molar refractivity (Wildman–Crippen MR) is 89.4 cm³/mol. The smallest absolute Gasteiger partial charge is 0.307 e. The summed E-state index contributed by atoms with van der Waals surface area (Å²) in [5.41, 5.74) is 0.645. The van der Waals surface area contributed by atoms with Crippen molar-refractivity contribution in [3.63, 3.8) is 0 Å². The van der Waals surface area contributed by atoms with Gasteiger partial charge in [0.1, 0.15) is 5.75 Å². The molecule has 0 saturated carbocycles. The summed E-state index contributed by atoms with van der Waals surface area (Å²) in [5.74, 6) is 0.540. The first kappa shape index (κ1) is 19.0. The lowest BCUT2D eigenvalue weighted by atomic mass is 9.94. The van der Waals surface area contributed by atoms with Crippen molar-refractivity contribution >= 4 is 11.9 Å². The van der Waals surface area contributed by atoms with E-state index in [1.807, 2.05) is 45.0 Å². The van der Waals surface area contributed by atoms with Crippen LogP contribution >= 0.6 is 0 Å². The van der Waals surface area contributed by atoms with Gasteiger partial charge in [0, 0.05) is 18.5 Å². The van der Waals surface area contributed by atoms with Gasteiger partial charge in [-0.15, -0.1) is 0 Å². The van der Waals surface area contributed by atoms with E-state index >= 15 is 0 Å². The van der Waals surface area contributed by atoms with E-state index in [9.17, 15) is 9.59 Å². The van der Waals surface area contributed by atoms with Crippen LogP contribution in [0.25, 0.3) is 0 Å². The molecule has 1 aromatic carbocycles. The Morgan fingerprint density at radius 2 is 1.65 bits per heavy atom. The lowest BCUT2D eigenvalue weighted by Gasteiger charge is -2.29. The number of rotatable bonds is 7. The minimum atomic E-state index is -0.476. The van der Waals surface area contributed by atoms with Gasteiger partial charge in [-0.25, -0.2) is 0 Å². The predicted octanol–water partition coefficient (Wildman–Crippen LogP) is 2.68. The van der Waals surface area contributed by atoms with Gasteiger partial charge in [-0.2, -0.15) is 0 Å². The first-order chi connectivity index (χ1) is 10.8. The summed E-state index contributed by atoms with van der Waals surface area (Å²) in [7, 11) is 2.99. The molecule has 0 unspecified atom stereocenters. The average Bonchev–Trinajstić information content (AvgIpc) is 2.53. The number of amides is 1. The minimum absolute atomic E-state index is 0.0370. The van der Waals surface area contributed by atoms with E-state index in [1.54, 1.807) is 12.0 Å². The third kappa shape index (κ3) is 6.30. The lowest BCUT2D eigenvalue weighted by Crippen LogP contribution is -2.41. The fraction of sp³-hybridized carbons (Fsp3) is 0.556. The third-order valence-electron chi connectivity index (χ3n) is 3.57. The summed E-state index contributed by atoms with van der Waals surface area (Å²) >= 11 is 0. The summed E-state index contributed by atoms with van der Waals surface area (Å²) < 4.78 is 9.80. The second-order valence-corrected chi connectivity index (χ2v) is 6.47. The molecule has 128 valence electrons. The number of hydrogen-bond acceptors (Lipinski definition) is 4. The molecule has 1 rings (SSSR count). The zero-order valence-corrected chi connectivity index (χ0v) is 14.7. The molecule has 1 aromatic rings. The molecule has 23 heavy (non-hydrogen) atoms. The average molecular weight is 321 g/mol. The Labute approximate surface area is 138 Å². The number of benzene rings is 1. The molecule has 0 spiro atoms. The molecule has 0 fully saturated rings. The summed E-state index contributed by atoms with van der Waals surface area (Å²) in [6.07, 6.45) is 0.938. The Morgan fingerprint density at radius 3 is 2.13 bits per heavy atom. The van der Waals surface area contributed by atoms with Crippen molar-refractivity contribution < 1.29 is 19.1 Å². The van der Waals surface area contributed by atoms with E-state index < -0.39 is 5.41 Å². The minimum Gasteiger partial charge on any atom is -0.497 e. The van der Waals surface area contributed by atoms with Crippen LogP contribution in [0.1, 0.15) is 32.8 Å². The topological polar surface area (TPSA) is 55.8 Å². The highest BCUT2D eigenvalue weighted by molar-refractivity contribution is 5.82. The number of methoxy groups -OCH3 is 2. The van der Waals surface area contributed by atoms with Gasteiger partial charge in [0.25, 0.3) is 0 Å². The van der Waals surface area contributed by atoms with Crippen LogP contribution in [0.3, 0.4) is 0 Å². The van der Waals surface area contributed by atoms with Crippen LogP contribution in [0.15, 0.2) is 24.3 Å². The van der Waals surface area contributed by atoms with Crippen molar-refractivity contribution in [2.24, 2.45) is 5.41 Å². The number of ether oxygens (including phenoxy) is 2. The third-order valence-corrected chi connectivity index (χ3v) is 3.57. The van der Waals surface area contributed by atoms with Crippen molar-refractivity contribution in [2.45, 2.75) is 33.6 Å². The molecule has 0 aliphatic carbocycles. The molecule has 0 heterocycles. The maximum Gasteiger partial charge on any atom is 0.307 e. The zero-order valence-electron chi connectivity index (χ0n) is 14.7. The van der Waals surface area contributed by atoms with E-state index in [1.165, 1.54) is 7.11 Å². The summed E-state index contributed by atoms with van der Waals surface area (Å²) in [6, 6.07) is 7.77. The van der Waals surface area contributed by atoms with E-state index in [4.69, 9.17) is 4.74 Å². The van der Waals surface area contributed by atoms with Gasteiger partial charge in [0.05, 0.1) is 20.6 Å². The maximum absolute atomic E-state index is 12.5. The fourth-order valence-electron chi connectivity index (χ4n) is 2.17. The fourth-order valence-corrected chi connectivity index (χ4v) is 2.17. The van der Waals surface area contributed by atoms with Crippen molar-refractivity contribution in [1.29, 1.82) is 0 Å². The van der Waals surface area contributed by atoms with Crippen molar-refractivity contribution in [2.75, 3.05) is 27.3 Å². The molecule has 5 heteroatoms. The molecule has 0 bridgehead atoms. The van der Waals surface area contributed by atoms with E-state index in [-0.39, 0.29) is 18.3 Å². The van der Waals surface area contributed by atoms with E-state index in [0.29, 0.717) is 13.1 Å². The van der Waals surface area contributed by atoms with Gasteiger partial charge < -0.3 is 14.4 Å². The monoisotopic (exact) mass is 321 g/mol. The Morgan fingerprint density at radius 1 is 1.04 bits per heavy atom. The molecule has 0 saturated heterocycles. The van der Waals surface area contributed by atoms with Gasteiger partial charge in [0.2, 0.25) is 5.91 Å². The molecule has 0 aromatic heterocycles. The molecule has 5 nitrogen and oxygen atoms in total. The second kappa shape index (κ2) is 8.56. The number of carbonyl (C=O) groups excluding carboxylic acids is 2. The summed E-state index contributed by atoms with van der Waals surface area (Å²) in [5, 5.41) is 0. The van der Waals surface area contributed by atoms with E-state index in [0.717, 1.165) is 17.7 Å². The van der Waals surface area contributed by atoms with Crippen LogP contribution in [-0.2, 0) is 20.7 Å². The van der Waals surface area contributed by atoms with Gasteiger partial charge in [-0.1, -0.05) is 32.9 Å². The van der Waals surface area contributed by atoms with Crippen molar-refractivity contribution in [1.82, 2.24) is 4.90 Å². The number of carbonyl (C=O) groups is 2. The number of nitrogens with zero attached hydrogens (tertiary/aromatic N) is 1. The quantitative estimate of drug-likeness (QED) is 0.725.